The van der Waals surface area contributed by atoms with Crippen molar-refractivity contribution in [1.82, 2.24) is 4.98 Å². The van der Waals surface area contributed by atoms with Crippen LogP contribution in [0.5, 0.6) is 5.75 Å². The summed E-state index contributed by atoms with van der Waals surface area (Å²) in [6, 6.07) is 15.6. The van der Waals surface area contributed by atoms with Gasteiger partial charge in [-0.2, -0.15) is 0 Å². The molecule has 0 aliphatic rings. The molecule has 0 radical (unpaired) electrons. The van der Waals surface area contributed by atoms with Gasteiger partial charge in [0.25, 0.3) is 0 Å². The van der Waals surface area contributed by atoms with Gasteiger partial charge in [0.2, 0.25) is 0 Å². The number of nitrogens with one attached hydrogen (secondary N) is 1. The lowest BCUT2D eigenvalue weighted by atomic mass is 10.1. The van der Waals surface area contributed by atoms with Gasteiger partial charge >= 0.3 is 6.09 Å². The van der Waals surface area contributed by atoms with E-state index in [4.69, 9.17) is 20.9 Å². The van der Waals surface area contributed by atoms with Crippen LogP contribution in [0.25, 0.3) is 10.9 Å². The van der Waals surface area contributed by atoms with E-state index in [9.17, 15) is 4.79 Å². The molecule has 7 heteroatoms. The lowest BCUT2D eigenvalue weighted by Crippen LogP contribution is -2.18. The maximum absolute atomic E-state index is 10.6. The number of pyridine rings is 1. The number of ether oxygens (including phenoxy) is 2. The molecular formula is C19H20N4O3. The van der Waals surface area contributed by atoms with Gasteiger partial charge in [-0.15, -0.1) is 0 Å². The first kappa shape index (κ1) is 17.3. The van der Waals surface area contributed by atoms with E-state index in [0.717, 1.165) is 27.9 Å². The molecule has 0 aliphatic carbocycles. The molecule has 1 heterocycles. The third-order valence-corrected chi connectivity index (χ3v) is 3.77. The van der Waals surface area contributed by atoms with Crippen molar-refractivity contribution in [3.05, 3.63) is 60.3 Å². The average Bonchev–Trinajstić information content (AvgIpc) is 2.65. The minimum atomic E-state index is -0.806. The first-order chi connectivity index (χ1) is 12.6. The van der Waals surface area contributed by atoms with Gasteiger partial charge < -0.3 is 26.3 Å². The van der Waals surface area contributed by atoms with Gasteiger partial charge in [0.05, 0.1) is 23.1 Å². The Morgan fingerprint density at radius 2 is 1.96 bits per heavy atom. The number of nitrogen functional groups attached to an aromatic ring is 1. The quantitative estimate of drug-likeness (QED) is 0.564. The second kappa shape index (κ2) is 8.06. The smallest absolute Gasteiger partial charge is 0.404 e. The molecule has 0 saturated heterocycles. The van der Waals surface area contributed by atoms with Crippen molar-refractivity contribution < 1.29 is 14.3 Å². The molecule has 3 aromatic rings. The van der Waals surface area contributed by atoms with E-state index < -0.39 is 6.09 Å². The Labute approximate surface area is 150 Å². The Balaban J connectivity index is 1.73. The zero-order valence-corrected chi connectivity index (χ0v) is 14.1. The molecule has 0 saturated carbocycles. The number of carbonyl (C=O) groups excluding carboxylic acids is 1. The summed E-state index contributed by atoms with van der Waals surface area (Å²) in [4.78, 5) is 15.0. The number of nitrogens with two attached hydrogens (primary N) is 2. The molecule has 0 unspecified atom stereocenters. The normalized spacial score (nSPS) is 10.5. The fourth-order valence-corrected chi connectivity index (χ4v) is 2.54. The summed E-state index contributed by atoms with van der Waals surface area (Å²) < 4.78 is 10.5. The first-order valence-corrected chi connectivity index (χ1v) is 8.14. The molecule has 1 amide bonds. The van der Waals surface area contributed by atoms with Crippen LogP contribution in [0.4, 0.5) is 16.2 Å². The van der Waals surface area contributed by atoms with Crippen molar-refractivity contribution >= 4 is 28.4 Å². The molecule has 26 heavy (non-hydrogen) atoms. The van der Waals surface area contributed by atoms with Crippen molar-refractivity contribution in [1.29, 1.82) is 0 Å². The van der Waals surface area contributed by atoms with Gasteiger partial charge in [0.1, 0.15) is 19.0 Å². The van der Waals surface area contributed by atoms with Crippen LogP contribution < -0.4 is 21.5 Å². The zero-order valence-electron chi connectivity index (χ0n) is 14.1. The topological polar surface area (TPSA) is 112 Å². The van der Waals surface area contributed by atoms with Gasteiger partial charge in [0.15, 0.2) is 0 Å². The SMILES string of the molecule is NC(=O)OCCNc1c(N)cnc2cc(OCc3ccccc3)ccc12. The van der Waals surface area contributed by atoms with Crippen molar-refractivity contribution in [2.24, 2.45) is 5.73 Å². The molecule has 0 fully saturated rings. The third kappa shape index (κ3) is 4.32. The van der Waals surface area contributed by atoms with Gasteiger partial charge in [-0.05, 0) is 17.7 Å². The Hall–Kier alpha value is -3.48. The summed E-state index contributed by atoms with van der Waals surface area (Å²) in [5, 5.41) is 4.01. The molecule has 0 aliphatic heterocycles. The molecule has 3 rings (SSSR count). The summed E-state index contributed by atoms with van der Waals surface area (Å²) in [5.74, 6) is 0.724. The lowest BCUT2D eigenvalue weighted by molar-refractivity contribution is 0.161. The monoisotopic (exact) mass is 352 g/mol. The van der Waals surface area contributed by atoms with Crippen LogP contribution in [-0.4, -0.2) is 24.2 Å². The number of amides is 1. The van der Waals surface area contributed by atoms with Crippen LogP contribution in [0.3, 0.4) is 0 Å². The molecule has 2 aromatic carbocycles. The number of carbonyl (C=O) groups is 1. The van der Waals surface area contributed by atoms with Crippen LogP contribution in [0.2, 0.25) is 0 Å². The van der Waals surface area contributed by atoms with Crippen molar-refractivity contribution in [2.75, 3.05) is 24.2 Å². The third-order valence-electron chi connectivity index (χ3n) is 3.77. The van der Waals surface area contributed by atoms with Gasteiger partial charge in [0, 0.05) is 18.0 Å². The second-order valence-electron chi connectivity index (χ2n) is 5.64. The number of fused-ring (bicyclic) bond motifs is 1. The summed E-state index contributed by atoms with van der Waals surface area (Å²) in [6.45, 7) is 1.02. The van der Waals surface area contributed by atoms with Gasteiger partial charge in [-0.3, -0.25) is 4.98 Å². The number of aromatic nitrogens is 1. The van der Waals surface area contributed by atoms with E-state index >= 15 is 0 Å². The molecule has 134 valence electrons. The summed E-state index contributed by atoms with van der Waals surface area (Å²) in [6.07, 6.45) is 0.778. The molecule has 0 bridgehead atoms. The molecule has 5 N–H and O–H groups in total. The van der Waals surface area contributed by atoms with Crippen LogP contribution in [-0.2, 0) is 11.3 Å². The molecular weight excluding hydrogens is 332 g/mol. The van der Waals surface area contributed by atoms with Crippen LogP contribution >= 0.6 is 0 Å². The van der Waals surface area contributed by atoms with Crippen molar-refractivity contribution in [3.63, 3.8) is 0 Å². The fraction of sp³-hybridized carbons (Fsp3) is 0.158. The minimum Gasteiger partial charge on any atom is -0.489 e. The highest BCUT2D eigenvalue weighted by Gasteiger charge is 2.08. The number of benzene rings is 2. The zero-order chi connectivity index (χ0) is 18.4. The Bertz CT molecular complexity index is 900. The number of primary amides is 1. The maximum Gasteiger partial charge on any atom is 0.404 e. The predicted molar refractivity (Wildman–Crippen MR) is 101 cm³/mol. The number of hydrogen-bond donors (Lipinski definition) is 3. The molecule has 1 aromatic heterocycles. The molecule has 0 atom stereocenters. The summed E-state index contributed by atoms with van der Waals surface area (Å²) in [5.41, 5.74) is 14.0. The average molecular weight is 352 g/mol. The molecule has 7 nitrogen and oxygen atoms in total. The number of hydrogen-bond acceptors (Lipinski definition) is 6. The fourth-order valence-electron chi connectivity index (χ4n) is 2.54. The van der Waals surface area contributed by atoms with Crippen LogP contribution in [0.15, 0.2) is 54.7 Å². The second-order valence-corrected chi connectivity index (χ2v) is 5.64. The van der Waals surface area contributed by atoms with Gasteiger partial charge in [-0.25, -0.2) is 4.79 Å². The minimum absolute atomic E-state index is 0.150. The maximum atomic E-state index is 10.6. The predicted octanol–water partition coefficient (Wildman–Crippen LogP) is 2.90. The highest BCUT2D eigenvalue weighted by atomic mass is 16.5. The highest BCUT2D eigenvalue weighted by Crippen LogP contribution is 2.30. The van der Waals surface area contributed by atoms with E-state index in [-0.39, 0.29) is 6.61 Å². The summed E-state index contributed by atoms with van der Waals surface area (Å²) in [7, 11) is 0. The standard InChI is InChI=1S/C19H20N4O3/c20-16-11-23-17-10-14(26-12-13-4-2-1-3-5-13)6-7-15(17)18(16)22-8-9-25-19(21)24/h1-7,10-11H,8-9,12,20H2,(H2,21,24)(H,22,23). The van der Waals surface area contributed by atoms with Crippen molar-refractivity contribution in [2.45, 2.75) is 6.61 Å². The Morgan fingerprint density at radius 1 is 1.15 bits per heavy atom. The van der Waals surface area contributed by atoms with E-state index in [1.807, 2.05) is 48.5 Å². The lowest BCUT2D eigenvalue weighted by Gasteiger charge is -2.13. The van der Waals surface area contributed by atoms with E-state index in [1.165, 1.54) is 0 Å². The highest BCUT2D eigenvalue weighted by molar-refractivity contribution is 5.97. The van der Waals surface area contributed by atoms with Gasteiger partial charge in [-0.1, -0.05) is 30.3 Å². The van der Waals surface area contributed by atoms with Crippen LogP contribution in [0, 0.1) is 0 Å². The Kier molecular flexibility index (Phi) is 5.38. The first-order valence-electron chi connectivity index (χ1n) is 8.14. The molecule has 0 spiro atoms. The Morgan fingerprint density at radius 3 is 2.73 bits per heavy atom. The summed E-state index contributed by atoms with van der Waals surface area (Å²) >= 11 is 0. The van der Waals surface area contributed by atoms with E-state index in [2.05, 4.69) is 10.3 Å². The van der Waals surface area contributed by atoms with Crippen molar-refractivity contribution in [3.8, 4) is 5.75 Å². The van der Waals surface area contributed by atoms with E-state index in [1.54, 1.807) is 6.20 Å². The number of nitrogens with zero attached hydrogens (tertiary/aromatic N) is 1. The van der Waals surface area contributed by atoms with E-state index in [0.29, 0.717) is 18.8 Å². The van der Waals surface area contributed by atoms with Crippen LogP contribution in [0.1, 0.15) is 5.56 Å². The number of anilines is 2. The number of rotatable bonds is 7. The largest absolute Gasteiger partial charge is 0.489 e.